The number of nitrogens with zero attached hydrogens (tertiary/aromatic N) is 1. The molecule has 0 N–H and O–H groups in total. The van der Waals surface area contributed by atoms with Crippen LogP contribution >= 0.6 is 0 Å². The second-order valence-electron chi connectivity index (χ2n) is 4.26. The molecule has 5 nitrogen and oxygen atoms in total. The molecule has 0 aromatic heterocycles. The molecule has 0 aromatic carbocycles. The number of hydrogen-bond donors (Lipinski definition) is 0. The van der Waals surface area contributed by atoms with E-state index in [4.69, 9.17) is 0 Å². The van der Waals surface area contributed by atoms with Crippen LogP contribution in [0.3, 0.4) is 0 Å². The zero-order valence-corrected chi connectivity index (χ0v) is 9.57. The van der Waals surface area contributed by atoms with E-state index in [1.165, 1.54) is 14.2 Å². The predicted octanol–water partition coefficient (Wildman–Crippen LogP) is 0.185. The first-order valence-corrected chi connectivity index (χ1v) is 4.84. The van der Waals surface area contributed by atoms with Gasteiger partial charge in [0.05, 0.1) is 20.6 Å². The van der Waals surface area contributed by atoms with E-state index in [2.05, 4.69) is 9.47 Å². The summed E-state index contributed by atoms with van der Waals surface area (Å²) in [5, 5.41) is 0. The van der Waals surface area contributed by atoms with Crippen LogP contribution in [0.5, 0.6) is 0 Å². The van der Waals surface area contributed by atoms with Crippen LogP contribution in [0.2, 0.25) is 0 Å². The molecule has 86 valence electrons. The zero-order chi connectivity index (χ0) is 11.6. The minimum atomic E-state index is -0.516. The third-order valence-electron chi connectivity index (χ3n) is 2.67. The predicted molar refractivity (Wildman–Crippen MR) is 53.2 cm³/mol. The lowest BCUT2D eigenvalue weighted by Gasteiger charge is -2.17. The molecule has 5 heteroatoms. The Morgan fingerprint density at radius 3 is 2.20 bits per heavy atom. The lowest BCUT2D eigenvalue weighted by Crippen LogP contribution is -2.35. The minimum absolute atomic E-state index is 0.0210. The van der Waals surface area contributed by atoms with Gasteiger partial charge in [0.25, 0.3) is 0 Å². The summed E-state index contributed by atoms with van der Waals surface area (Å²) in [5.41, 5.74) is -0.0210. The Hall–Kier alpha value is -1.10. The van der Waals surface area contributed by atoms with Crippen molar-refractivity contribution in [3.63, 3.8) is 0 Å². The molecule has 0 aromatic rings. The normalized spacial score (nSPS) is 24.1. The number of carbonyl (C=O) groups is 2. The van der Waals surface area contributed by atoms with Gasteiger partial charge in [0.1, 0.15) is 6.04 Å². The van der Waals surface area contributed by atoms with Gasteiger partial charge in [-0.25, -0.2) is 0 Å². The lowest BCUT2D eigenvalue weighted by molar-refractivity contribution is -0.151. The van der Waals surface area contributed by atoms with Crippen molar-refractivity contribution in [2.24, 2.45) is 0 Å². The average molecular weight is 215 g/mol. The van der Waals surface area contributed by atoms with E-state index in [0.717, 1.165) is 6.54 Å². The Bertz CT molecular complexity index is 275. The van der Waals surface area contributed by atoms with Gasteiger partial charge in [-0.05, 0) is 13.8 Å². The molecule has 0 spiro atoms. The van der Waals surface area contributed by atoms with Gasteiger partial charge < -0.3 is 9.47 Å². The van der Waals surface area contributed by atoms with Crippen LogP contribution in [0.4, 0.5) is 0 Å². The molecule has 0 aliphatic carbocycles. The summed E-state index contributed by atoms with van der Waals surface area (Å²) >= 11 is 0. The molecular weight excluding hydrogens is 198 g/mol. The van der Waals surface area contributed by atoms with Gasteiger partial charge in [-0.3, -0.25) is 14.5 Å². The van der Waals surface area contributed by atoms with Gasteiger partial charge >= 0.3 is 11.9 Å². The second kappa shape index (κ2) is 4.18. The minimum Gasteiger partial charge on any atom is -0.469 e. The van der Waals surface area contributed by atoms with Crippen LogP contribution in [0.1, 0.15) is 20.3 Å². The average Bonchev–Trinajstić information content (AvgIpc) is 2.82. The van der Waals surface area contributed by atoms with Crippen LogP contribution in [-0.4, -0.2) is 49.2 Å². The third kappa shape index (κ3) is 2.68. The summed E-state index contributed by atoms with van der Waals surface area (Å²) in [6.45, 7) is 4.82. The fourth-order valence-corrected chi connectivity index (χ4v) is 1.61. The molecular formula is C10H17NO4. The van der Waals surface area contributed by atoms with Crippen molar-refractivity contribution in [1.82, 2.24) is 4.90 Å². The van der Waals surface area contributed by atoms with Crippen molar-refractivity contribution in [2.45, 2.75) is 31.8 Å². The Kier molecular flexibility index (Phi) is 3.34. The molecule has 15 heavy (non-hydrogen) atoms. The maximum Gasteiger partial charge on any atom is 0.323 e. The summed E-state index contributed by atoms with van der Waals surface area (Å²) in [6.07, 6.45) is 0.0482. The number of rotatable bonds is 4. The largest absolute Gasteiger partial charge is 0.469 e. The SMILES string of the molecule is COC(=O)CC(C(=O)OC)N1CC1(C)C. The Morgan fingerprint density at radius 1 is 1.33 bits per heavy atom. The van der Waals surface area contributed by atoms with Crippen molar-refractivity contribution in [3.05, 3.63) is 0 Å². The summed E-state index contributed by atoms with van der Waals surface area (Å²) in [4.78, 5) is 24.5. The molecule has 0 radical (unpaired) electrons. The van der Waals surface area contributed by atoms with Crippen molar-refractivity contribution >= 4 is 11.9 Å². The molecule has 1 fully saturated rings. The molecule has 0 amide bonds. The van der Waals surface area contributed by atoms with Gasteiger partial charge in [0.15, 0.2) is 0 Å². The fraction of sp³-hybridized carbons (Fsp3) is 0.800. The standard InChI is InChI=1S/C10H17NO4/c1-10(2)6-11(10)7(9(13)15-4)5-8(12)14-3/h7H,5-6H2,1-4H3. The third-order valence-corrected chi connectivity index (χ3v) is 2.67. The Balaban J connectivity index is 2.63. The van der Waals surface area contributed by atoms with Gasteiger partial charge in [-0.1, -0.05) is 0 Å². The molecule has 1 rings (SSSR count). The van der Waals surface area contributed by atoms with E-state index < -0.39 is 12.0 Å². The molecule has 1 aliphatic heterocycles. The van der Waals surface area contributed by atoms with E-state index in [9.17, 15) is 9.59 Å². The Morgan fingerprint density at radius 2 is 1.87 bits per heavy atom. The highest BCUT2D eigenvalue weighted by molar-refractivity contribution is 5.83. The lowest BCUT2D eigenvalue weighted by atomic mass is 10.2. The first-order chi connectivity index (χ1) is 6.92. The van der Waals surface area contributed by atoms with Crippen molar-refractivity contribution in [2.75, 3.05) is 20.8 Å². The van der Waals surface area contributed by atoms with Gasteiger partial charge in [-0.2, -0.15) is 0 Å². The van der Waals surface area contributed by atoms with Gasteiger partial charge in [0.2, 0.25) is 0 Å². The zero-order valence-electron chi connectivity index (χ0n) is 9.57. The van der Waals surface area contributed by atoms with Crippen molar-refractivity contribution < 1.29 is 19.1 Å². The Labute approximate surface area is 89.3 Å². The van der Waals surface area contributed by atoms with Crippen LogP contribution in [0.15, 0.2) is 0 Å². The highest BCUT2D eigenvalue weighted by Gasteiger charge is 2.50. The highest BCUT2D eigenvalue weighted by Crippen LogP contribution is 2.35. The topological polar surface area (TPSA) is 55.6 Å². The fourth-order valence-electron chi connectivity index (χ4n) is 1.61. The van der Waals surface area contributed by atoms with Crippen molar-refractivity contribution in [3.8, 4) is 0 Å². The maximum atomic E-state index is 11.5. The van der Waals surface area contributed by atoms with Crippen molar-refractivity contribution in [1.29, 1.82) is 0 Å². The van der Waals surface area contributed by atoms with E-state index in [0.29, 0.717) is 0 Å². The number of carbonyl (C=O) groups excluding carboxylic acids is 2. The van der Waals surface area contributed by atoms with Crippen LogP contribution in [0, 0.1) is 0 Å². The summed E-state index contributed by atoms with van der Waals surface area (Å²) in [5.74, 6) is -0.779. The molecule has 2 unspecified atom stereocenters. The number of methoxy groups -OCH3 is 2. The quantitative estimate of drug-likeness (QED) is 0.495. The first kappa shape index (κ1) is 12.0. The summed E-state index contributed by atoms with van der Waals surface area (Å²) in [6, 6.07) is -0.516. The van der Waals surface area contributed by atoms with Gasteiger partial charge in [0, 0.05) is 12.1 Å². The van der Waals surface area contributed by atoms with E-state index in [-0.39, 0.29) is 17.9 Å². The molecule has 0 saturated carbocycles. The van der Waals surface area contributed by atoms with E-state index in [1.54, 1.807) is 0 Å². The molecule has 1 saturated heterocycles. The number of ether oxygens (including phenoxy) is 2. The molecule has 0 bridgehead atoms. The maximum absolute atomic E-state index is 11.5. The number of hydrogen-bond acceptors (Lipinski definition) is 5. The monoisotopic (exact) mass is 215 g/mol. The second-order valence-corrected chi connectivity index (χ2v) is 4.26. The molecule has 1 aliphatic rings. The smallest absolute Gasteiger partial charge is 0.323 e. The first-order valence-electron chi connectivity index (χ1n) is 4.84. The molecule has 2 atom stereocenters. The number of esters is 2. The molecule has 1 heterocycles. The van der Waals surface area contributed by atoms with Gasteiger partial charge in [-0.15, -0.1) is 0 Å². The van der Waals surface area contributed by atoms with Crippen LogP contribution in [0.25, 0.3) is 0 Å². The summed E-state index contributed by atoms with van der Waals surface area (Å²) in [7, 11) is 2.63. The van der Waals surface area contributed by atoms with Crippen LogP contribution in [-0.2, 0) is 19.1 Å². The highest BCUT2D eigenvalue weighted by atomic mass is 16.5. The van der Waals surface area contributed by atoms with E-state index >= 15 is 0 Å². The summed E-state index contributed by atoms with van der Waals surface area (Å²) < 4.78 is 9.21. The van der Waals surface area contributed by atoms with Crippen LogP contribution < -0.4 is 0 Å². The van der Waals surface area contributed by atoms with E-state index in [1.807, 2.05) is 18.7 Å².